The fourth-order valence-electron chi connectivity index (χ4n) is 1.50. The van der Waals surface area contributed by atoms with E-state index in [1.807, 2.05) is 18.2 Å². The summed E-state index contributed by atoms with van der Waals surface area (Å²) in [6.07, 6.45) is 3.12. The molecule has 1 aromatic carbocycles. The zero-order valence-electron chi connectivity index (χ0n) is 9.89. The summed E-state index contributed by atoms with van der Waals surface area (Å²) in [6.45, 7) is 5.05. The molecule has 0 amide bonds. The largest absolute Gasteiger partial charge is 0.310 e. The molecule has 2 aromatic rings. The topological polar surface area (TPSA) is 42.7 Å². The fraction of sp³-hybridized carbons (Fsp3) is 0.333. The molecule has 0 bridgehead atoms. The van der Waals surface area contributed by atoms with Crippen molar-refractivity contribution < 1.29 is 0 Å². The van der Waals surface area contributed by atoms with E-state index in [1.165, 1.54) is 6.33 Å². The maximum absolute atomic E-state index is 6.22. The van der Waals surface area contributed by atoms with Gasteiger partial charge in [0, 0.05) is 12.6 Å². The molecule has 0 aliphatic heterocycles. The van der Waals surface area contributed by atoms with Crippen LogP contribution in [-0.4, -0.2) is 20.8 Å². The van der Waals surface area contributed by atoms with Crippen LogP contribution in [0.4, 0.5) is 0 Å². The maximum atomic E-state index is 6.22. The number of nitrogens with one attached hydrogen (secondary N) is 1. The first kappa shape index (κ1) is 12.1. The lowest BCUT2D eigenvalue weighted by Gasteiger charge is -2.10. The van der Waals surface area contributed by atoms with Crippen LogP contribution in [0.25, 0.3) is 5.69 Å². The minimum Gasteiger partial charge on any atom is -0.310 e. The highest BCUT2D eigenvalue weighted by molar-refractivity contribution is 6.32. The predicted molar refractivity (Wildman–Crippen MR) is 68.3 cm³/mol. The van der Waals surface area contributed by atoms with Crippen LogP contribution in [0.5, 0.6) is 0 Å². The Morgan fingerprint density at radius 2 is 2.24 bits per heavy atom. The number of nitrogens with zero attached hydrogens (tertiary/aromatic N) is 3. The molecular weight excluding hydrogens is 236 g/mol. The van der Waals surface area contributed by atoms with E-state index in [1.54, 1.807) is 11.0 Å². The van der Waals surface area contributed by atoms with Crippen LogP contribution < -0.4 is 5.32 Å². The summed E-state index contributed by atoms with van der Waals surface area (Å²) in [7, 11) is 0. The zero-order chi connectivity index (χ0) is 12.3. The second kappa shape index (κ2) is 5.29. The first-order valence-corrected chi connectivity index (χ1v) is 5.91. The predicted octanol–water partition coefficient (Wildman–Crippen LogP) is 2.42. The molecule has 0 aliphatic rings. The van der Waals surface area contributed by atoms with E-state index < -0.39 is 0 Å². The number of aromatic nitrogens is 3. The van der Waals surface area contributed by atoms with E-state index in [0.29, 0.717) is 11.1 Å². The Morgan fingerprint density at radius 1 is 1.41 bits per heavy atom. The Kier molecular flexibility index (Phi) is 3.76. The third-order valence-corrected chi connectivity index (χ3v) is 2.69. The van der Waals surface area contributed by atoms with Crippen LogP contribution in [0.15, 0.2) is 30.9 Å². The Hall–Kier alpha value is -1.39. The average molecular weight is 251 g/mol. The molecule has 0 atom stereocenters. The van der Waals surface area contributed by atoms with Crippen molar-refractivity contribution in [2.75, 3.05) is 0 Å². The van der Waals surface area contributed by atoms with Gasteiger partial charge < -0.3 is 5.32 Å². The standard InChI is InChI=1S/C12H15ClN4/c1-9(2)15-6-10-3-4-12(11(13)5-10)17-8-14-7-16-17/h3-5,7-9,15H,6H2,1-2H3. The van der Waals surface area contributed by atoms with E-state index in [2.05, 4.69) is 29.2 Å². The van der Waals surface area contributed by atoms with Crippen molar-refractivity contribution in [2.45, 2.75) is 26.4 Å². The number of hydrogen-bond acceptors (Lipinski definition) is 3. The lowest BCUT2D eigenvalue weighted by molar-refractivity contribution is 0.589. The molecule has 0 saturated carbocycles. The van der Waals surface area contributed by atoms with E-state index in [-0.39, 0.29) is 0 Å². The van der Waals surface area contributed by atoms with Gasteiger partial charge in [-0.2, -0.15) is 5.10 Å². The molecule has 2 rings (SSSR count). The molecule has 90 valence electrons. The number of rotatable bonds is 4. The summed E-state index contributed by atoms with van der Waals surface area (Å²) in [6, 6.07) is 6.41. The highest BCUT2D eigenvalue weighted by Crippen LogP contribution is 2.20. The van der Waals surface area contributed by atoms with Gasteiger partial charge in [-0.05, 0) is 17.7 Å². The summed E-state index contributed by atoms with van der Waals surface area (Å²) >= 11 is 6.22. The lowest BCUT2D eigenvalue weighted by atomic mass is 10.2. The van der Waals surface area contributed by atoms with Crippen molar-refractivity contribution in [3.05, 3.63) is 41.4 Å². The van der Waals surface area contributed by atoms with Crippen molar-refractivity contribution >= 4 is 11.6 Å². The van der Waals surface area contributed by atoms with Gasteiger partial charge in [0.2, 0.25) is 0 Å². The highest BCUT2D eigenvalue weighted by atomic mass is 35.5. The number of benzene rings is 1. The second-order valence-corrected chi connectivity index (χ2v) is 4.57. The van der Waals surface area contributed by atoms with E-state index >= 15 is 0 Å². The quantitative estimate of drug-likeness (QED) is 0.906. The smallest absolute Gasteiger partial charge is 0.138 e. The average Bonchev–Trinajstić information content (AvgIpc) is 2.79. The van der Waals surface area contributed by atoms with Crippen LogP contribution in [-0.2, 0) is 6.54 Å². The van der Waals surface area contributed by atoms with Crippen LogP contribution in [0, 0.1) is 0 Å². The molecule has 1 aromatic heterocycles. The molecule has 1 N–H and O–H groups in total. The molecule has 5 heteroatoms. The zero-order valence-corrected chi connectivity index (χ0v) is 10.6. The summed E-state index contributed by atoms with van der Waals surface area (Å²) < 4.78 is 1.65. The van der Waals surface area contributed by atoms with Crippen molar-refractivity contribution in [1.82, 2.24) is 20.1 Å². The normalized spacial score (nSPS) is 11.1. The molecule has 17 heavy (non-hydrogen) atoms. The first-order chi connectivity index (χ1) is 8.16. The molecule has 0 fully saturated rings. The second-order valence-electron chi connectivity index (χ2n) is 4.16. The van der Waals surface area contributed by atoms with E-state index in [0.717, 1.165) is 17.8 Å². The molecule has 1 heterocycles. The van der Waals surface area contributed by atoms with Gasteiger partial charge in [0.05, 0.1) is 10.7 Å². The SMILES string of the molecule is CC(C)NCc1ccc(-n2cncn2)c(Cl)c1. The summed E-state index contributed by atoms with van der Waals surface area (Å²) in [5.41, 5.74) is 2.00. The van der Waals surface area contributed by atoms with Gasteiger partial charge in [0.25, 0.3) is 0 Å². The van der Waals surface area contributed by atoms with Gasteiger partial charge in [-0.1, -0.05) is 31.5 Å². The maximum Gasteiger partial charge on any atom is 0.138 e. The van der Waals surface area contributed by atoms with Crippen LogP contribution in [0.1, 0.15) is 19.4 Å². The van der Waals surface area contributed by atoms with Crippen molar-refractivity contribution in [1.29, 1.82) is 0 Å². The highest BCUT2D eigenvalue weighted by Gasteiger charge is 2.04. The van der Waals surface area contributed by atoms with Gasteiger partial charge in [0.15, 0.2) is 0 Å². The van der Waals surface area contributed by atoms with Gasteiger partial charge >= 0.3 is 0 Å². The van der Waals surface area contributed by atoms with Gasteiger partial charge in [-0.15, -0.1) is 0 Å². The molecule has 0 saturated heterocycles. The summed E-state index contributed by atoms with van der Waals surface area (Å²) in [5.74, 6) is 0. The van der Waals surface area contributed by atoms with E-state index in [4.69, 9.17) is 11.6 Å². The Labute approximate surface area is 106 Å². The monoisotopic (exact) mass is 250 g/mol. The Morgan fingerprint density at radius 3 is 2.82 bits per heavy atom. The number of halogens is 1. The van der Waals surface area contributed by atoms with Crippen molar-refractivity contribution in [3.8, 4) is 5.69 Å². The Balaban J connectivity index is 2.17. The van der Waals surface area contributed by atoms with Crippen LogP contribution >= 0.6 is 11.6 Å². The number of hydrogen-bond donors (Lipinski definition) is 1. The van der Waals surface area contributed by atoms with Crippen LogP contribution in [0.3, 0.4) is 0 Å². The Bertz CT molecular complexity index is 479. The molecule has 0 radical (unpaired) electrons. The minimum atomic E-state index is 0.462. The van der Waals surface area contributed by atoms with Crippen molar-refractivity contribution in [3.63, 3.8) is 0 Å². The van der Waals surface area contributed by atoms with Gasteiger partial charge in [0.1, 0.15) is 12.7 Å². The van der Waals surface area contributed by atoms with Crippen molar-refractivity contribution in [2.24, 2.45) is 0 Å². The molecule has 4 nitrogen and oxygen atoms in total. The third-order valence-electron chi connectivity index (χ3n) is 2.39. The molecular formula is C12H15ClN4. The van der Waals surface area contributed by atoms with Gasteiger partial charge in [-0.25, -0.2) is 9.67 Å². The molecule has 0 spiro atoms. The molecule has 0 aliphatic carbocycles. The van der Waals surface area contributed by atoms with Crippen LogP contribution in [0.2, 0.25) is 5.02 Å². The first-order valence-electron chi connectivity index (χ1n) is 5.53. The minimum absolute atomic E-state index is 0.462. The lowest BCUT2D eigenvalue weighted by Crippen LogP contribution is -2.21. The third kappa shape index (κ3) is 3.05. The summed E-state index contributed by atoms with van der Waals surface area (Å²) in [5, 5.41) is 8.09. The van der Waals surface area contributed by atoms with Gasteiger partial charge in [-0.3, -0.25) is 0 Å². The van der Waals surface area contributed by atoms with E-state index in [9.17, 15) is 0 Å². The fourth-order valence-corrected chi connectivity index (χ4v) is 1.79. The summed E-state index contributed by atoms with van der Waals surface area (Å²) in [4.78, 5) is 3.90. The molecule has 0 unspecified atom stereocenters.